The molecule has 29 heavy (non-hydrogen) atoms. The number of nitrogens with one attached hydrogen (secondary N) is 1. The molecule has 8 heteroatoms. The first-order valence-corrected chi connectivity index (χ1v) is 10.2. The van der Waals surface area contributed by atoms with Crippen molar-refractivity contribution in [1.29, 1.82) is 0 Å². The molecule has 156 valence electrons. The number of rotatable bonds is 7. The Kier molecular flexibility index (Phi) is 6.64. The predicted molar refractivity (Wildman–Crippen MR) is 112 cm³/mol. The van der Waals surface area contributed by atoms with Gasteiger partial charge in [0.2, 0.25) is 5.91 Å². The zero-order chi connectivity index (χ0) is 21.0. The molecule has 2 aromatic rings. The molecular formula is C21H29N5O3. The van der Waals surface area contributed by atoms with Gasteiger partial charge in [-0.3, -0.25) is 24.5 Å². The highest BCUT2D eigenvalue weighted by Crippen LogP contribution is 2.23. The van der Waals surface area contributed by atoms with Gasteiger partial charge in [-0.2, -0.15) is 5.10 Å². The van der Waals surface area contributed by atoms with Crippen molar-refractivity contribution >= 4 is 17.3 Å². The third-order valence-electron chi connectivity index (χ3n) is 5.50. The van der Waals surface area contributed by atoms with Crippen LogP contribution in [0, 0.1) is 29.9 Å². The van der Waals surface area contributed by atoms with Gasteiger partial charge in [0.05, 0.1) is 17.4 Å². The second-order valence-corrected chi connectivity index (χ2v) is 7.88. The van der Waals surface area contributed by atoms with Gasteiger partial charge in [-0.15, -0.1) is 0 Å². The van der Waals surface area contributed by atoms with E-state index in [0.29, 0.717) is 17.9 Å². The molecule has 1 aliphatic heterocycles. The lowest BCUT2D eigenvalue weighted by Crippen LogP contribution is -2.29. The number of aryl methyl sites for hydroxylation is 1. The number of piperidine rings is 1. The summed E-state index contributed by atoms with van der Waals surface area (Å²) < 4.78 is 1.54. The van der Waals surface area contributed by atoms with Gasteiger partial charge in [0.25, 0.3) is 0 Å². The van der Waals surface area contributed by atoms with Crippen LogP contribution in [0.1, 0.15) is 43.1 Å². The number of nitrogens with zero attached hydrogens (tertiary/aromatic N) is 4. The van der Waals surface area contributed by atoms with E-state index in [1.54, 1.807) is 25.5 Å². The van der Waals surface area contributed by atoms with Crippen LogP contribution in [0.5, 0.6) is 0 Å². The molecular weight excluding hydrogens is 370 g/mol. The molecule has 0 saturated carbocycles. The molecule has 0 spiro atoms. The summed E-state index contributed by atoms with van der Waals surface area (Å²) in [6.07, 6.45) is 3.86. The number of anilines is 1. The SMILES string of the molecule is Cc1nn(CC(C)C(=O)Nc2ccc(CN3CCCCC3)cc2)c(C)c1[N+](=O)[O-]. The van der Waals surface area contributed by atoms with Crippen LogP contribution >= 0.6 is 0 Å². The third kappa shape index (κ3) is 5.20. The maximum Gasteiger partial charge on any atom is 0.312 e. The summed E-state index contributed by atoms with van der Waals surface area (Å²) in [4.78, 5) is 25.7. The fourth-order valence-electron chi connectivity index (χ4n) is 3.81. The van der Waals surface area contributed by atoms with Crippen molar-refractivity contribution in [2.45, 2.75) is 53.1 Å². The second kappa shape index (κ2) is 9.17. The fourth-order valence-corrected chi connectivity index (χ4v) is 3.81. The number of nitro groups is 1. The lowest BCUT2D eigenvalue weighted by atomic mass is 10.1. The quantitative estimate of drug-likeness (QED) is 0.566. The third-order valence-corrected chi connectivity index (χ3v) is 5.50. The van der Waals surface area contributed by atoms with E-state index in [1.807, 2.05) is 12.1 Å². The average molecular weight is 399 g/mol. The average Bonchev–Trinajstić information content (AvgIpc) is 2.97. The van der Waals surface area contributed by atoms with E-state index in [0.717, 1.165) is 25.3 Å². The van der Waals surface area contributed by atoms with Gasteiger partial charge in [0.15, 0.2) is 0 Å². The number of benzene rings is 1. The minimum absolute atomic E-state index is 0.0157. The normalized spacial score (nSPS) is 15.8. The van der Waals surface area contributed by atoms with Crippen LogP contribution in [0.3, 0.4) is 0 Å². The molecule has 0 bridgehead atoms. The Labute approximate surface area is 171 Å². The molecule has 8 nitrogen and oxygen atoms in total. The topological polar surface area (TPSA) is 93.3 Å². The first-order valence-electron chi connectivity index (χ1n) is 10.2. The molecule has 1 unspecified atom stereocenters. The minimum Gasteiger partial charge on any atom is -0.326 e. The van der Waals surface area contributed by atoms with E-state index < -0.39 is 4.92 Å². The summed E-state index contributed by atoms with van der Waals surface area (Å²) in [5.74, 6) is -0.510. The summed E-state index contributed by atoms with van der Waals surface area (Å²) in [5, 5.41) is 18.3. The number of aromatic nitrogens is 2. The number of amides is 1. The lowest BCUT2D eigenvalue weighted by Gasteiger charge is -2.26. The smallest absolute Gasteiger partial charge is 0.312 e. The largest absolute Gasteiger partial charge is 0.326 e. The van der Waals surface area contributed by atoms with Crippen LogP contribution in [0.15, 0.2) is 24.3 Å². The maximum atomic E-state index is 12.6. The summed E-state index contributed by atoms with van der Waals surface area (Å²) in [5.41, 5.74) is 2.84. The molecule has 1 fully saturated rings. The van der Waals surface area contributed by atoms with Crippen molar-refractivity contribution in [3.05, 3.63) is 51.3 Å². The molecule has 1 N–H and O–H groups in total. The van der Waals surface area contributed by atoms with E-state index in [4.69, 9.17) is 0 Å². The van der Waals surface area contributed by atoms with Crippen LogP contribution in [-0.4, -0.2) is 38.6 Å². The van der Waals surface area contributed by atoms with Crippen molar-refractivity contribution < 1.29 is 9.72 Å². The Balaban J connectivity index is 1.57. The molecule has 1 saturated heterocycles. The summed E-state index contributed by atoms with van der Waals surface area (Å²) in [6.45, 7) is 8.60. The van der Waals surface area contributed by atoms with E-state index in [2.05, 4.69) is 27.4 Å². The minimum atomic E-state index is -0.426. The van der Waals surface area contributed by atoms with Crippen molar-refractivity contribution in [1.82, 2.24) is 14.7 Å². The van der Waals surface area contributed by atoms with Crippen LogP contribution in [-0.2, 0) is 17.9 Å². The highest BCUT2D eigenvalue weighted by molar-refractivity contribution is 5.92. The van der Waals surface area contributed by atoms with E-state index in [-0.39, 0.29) is 17.5 Å². The Morgan fingerprint density at radius 3 is 2.45 bits per heavy atom. The molecule has 1 atom stereocenters. The van der Waals surface area contributed by atoms with Crippen LogP contribution in [0.4, 0.5) is 11.4 Å². The Bertz CT molecular complexity index is 869. The number of hydrogen-bond donors (Lipinski definition) is 1. The van der Waals surface area contributed by atoms with Crippen molar-refractivity contribution in [3.8, 4) is 0 Å². The Hall–Kier alpha value is -2.74. The first-order chi connectivity index (χ1) is 13.8. The monoisotopic (exact) mass is 399 g/mol. The van der Waals surface area contributed by atoms with Gasteiger partial charge >= 0.3 is 5.69 Å². The first kappa shape index (κ1) is 21.0. The van der Waals surface area contributed by atoms with Gasteiger partial charge in [-0.25, -0.2) is 0 Å². The standard InChI is InChI=1S/C21H29N5O3/c1-15(13-25-17(3)20(26(28)29)16(2)23-25)21(27)22-19-9-7-18(8-10-19)14-24-11-5-4-6-12-24/h7-10,15H,4-6,11-14H2,1-3H3,(H,22,27). The van der Waals surface area contributed by atoms with Crippen molar-refractivity contribution in [2.24, 2.45) is 5.92 Å². The second-order valence-electron chi connectivity index (χ2n) is 7.88. The molecule has 0 aliphatic carbocycles. The van der Waals surface area contributed by atoms with E-state index in [1.165, 1.54) is 24.8 Å². The fraction of sp³-hybridized carbons (Fsp3) is 0.524. The molecule has 1 amide bonds. The molecule has 0 radical (unpaired) electrons. The number of carbonyl (C=O) groups is 1. The molecule has 1 aromatic carbocycles. The summed E-state index contributed by atoms with van der Waals surface area (Å²) >= 11 is 0. The zero-order valence-corrected chi connectivity index (χ0v) is 17.4. The Morgan fingerprint density at radius 1 is 1.21 bits per heavy atom. The van der Waals surface area contributed by atoms with Gasteiger partial charge in [-0.1, -0.05) is 25.5 Å². The van der Waals surface area contributed by atoms with Gasteiger partial charge in [-0.05, 0) is 57.5 Å². The predicted octanol–water partition coefficient (Wildman–Crippen LogP) is 3.67. The number of hydrogen-bond acceptors (Lipinski definition) is 5. The molecule has 1 aliphatic rings. The Morgan fingerprint density at radius 2 is 1.86 bits per heavy atom. The molecule has 3 rings (SSSR count). The number of carbonyl (C=O) groups excluding carboxylic acids is 1. The van der Waals surface area contributed by atoms with E-state index >= 15 is 0 Å². The van der Waals surface area contributed by atoms with E-state index in [9.17, 15) is 14.9 Å². The van der Waals surface area contributed by atoms with Crippen LogP contribution in [0.2, 0.25) is 0 Å². The van der Waals surface area contributed by atoms with Crippen molar-refractivity contribution in [2.75, 3.05) is 18.4 Å². The lowest BCUT2D eigenvalue weighted by molar-refractivity contribution is -0.386. The van der Waals surface area contributed by atoms with Crippen LogP contribution in [0.25, 0.3) is 0 Å². The van der Waals surface area contributed by atoms with Gasteiger partial charge in [0, 0.05) is 12.2 Å². The highest BCUT2D eigenvalue weighted by atomic mass is 16.6. The zero-order valence-electron chi connectivity index (χ0n) is 17.4. The van der Waals surface area contributed by atoms with Gasteiger partial charge in [0.1, 0.15) is 11.4 Å². The molecule has 2 heterocycles. The maximum absolute atomic E-state index is 12.6. The number of likely N-dealkylation sites (tertiary alicyclic amines) is 1. The summed E-state index contributed by atoms with van der Waals surface area (Å²) in [6, 6.07) is 7.97. The summed E-state index contributed by atoms with van der Waals surface area (Å²) in [7, 11) is 0. The van der Waals surface area contributed by atoms with Gasteiger partial charge < -0.3 is 5.32 Å². The molecule has 1 aromatic heterocycles. The van der Waals surface area contributed by atoms with Crippen molar-refractivity contribution in [3.63, 3.8) is 0 Å². The highest BCUT2D eigenvalue weighted by Gasteiger charge is 2.24. The van der Waals surface area contributed by atoms with Crippen LogP contribution < -0.4 is 5.32 Å².